The van der Waals surface area contributed by atoms with E-state index in [0.717, 1.165) is 108 Å². The number of hydrogen-bond donors (Lipinski definition) is 4. The summed E-state index contributed by atoms with van der Waals surface area (Å²) in [5, 5.41) is 7.97. The first kappa shape index (κ1) is 40.3. The van der Waals surface area contributed by atoms with E-state index < -0.39 is 6.09 Å². The molecule has 12 nitrogen and oxygen atoms in total. The summed E-state index contributed by atoms with van der Waals surface area (Å²) in [5.41, 5.74) is 11.5. The molecule has 0 atom stereocenters. The number of aromatic nitrogens is 4. The number of carbonyl (C=O) groups excluding carboxylic acids is 3. The molecule has 3 amide bonds. The molecule has 2 aliphatic carbocycles. The molecule has 0 radical (unpaired) electrons. The Kier molecular flexibility index (Phi) is 12.9. The maximum atomic E-state index is 12.9. The summed E-state index contributed by atoms with van der Waals surface area (Å²) in [6.45, 7) is 9.19. The molecule has 5 aromatic rings. The fourth-order valence-corrected chi connectivity index (χ4v) is 8.03. The third-order valence-electron chi connectivity index (χ3n) is 11.2. The number of alkyl carbamates (subject to hydrolysis) is 1. The van der Waals surface area contributed by atoms with Crippen LogP contribution >= 0.6 is 0 Å². The van der Waals surface area contributed by atoms with E-state index in [1.54, 1.807) is 4.90 Å². The predicted octanol–water partition coefficient (Wildman–Crippen LogP) is 8.05. The molecule has 58 heavy (non-hydrogen) atoms. The highest BCUT2D eigenvalue weighted by Gasteiger charge is 2.24. The van der Waals surface area contributed by atoms with Gasteiger partial charge in [0.05, 0.1) is 44.3 Å². The van der Waals surface area contributed by atoms with Gasteiger partial charge in [0.25, 0.3) is 0 Å². The fraction of sp³-hybridized carbons (Fsp3) is 0.413. The lowest BCUT2D eigenvalue weighted by Gasteiger charge is -2.32. The minimum absolute atomic E-state index is 0.113. The van der Waals surface area contributed by atoms with Gasteiger partial charge in [-0.3, -0.25) is 9.59 Å². The van der Waals surface area contributed by atoms with Crippen LogP contribution in [0.2, 0.25) is 0 Å². The van der Waals surface area contributed by atoms with Crippen LogP contribution in [0.15, 0.2) is 72.1 Å². The average molecular weight is 785 g/mol. The molecule has 0 spiro atoms. The monoisotopic (exact) mass is 784 g/mol. The van der Waals surface area contributed by atoms with Gasteiger partial charge in [-0.1, -0.05) is 63.2 Å². The van der Waals surface area contributed by atoms with Crippen molar-refractivity contribution in [2.75, 3.05) is 33.3 Å². The van der Waals surface area contributed by atoms with Crippen LogP contribution in [0.4, 0.5) is 4.79 Å². The van der Waals surface area contributed by atoms with E-state index in [1.165, 1.54) is 35.8 Å². The number of H-pyrrole nitrogens is 2. The highest BCUT2D eigenvalue weighted by atomic mass is 16.5. The Bertz CT molecular complexity index is 2300. The summed E-state index contributed by atoms with van der Waals surface area (Å²) in [5.74, 6) is 1.58. The summed E-state index contributed by atoms with van der Waals surface area (Å²) in [7, 11) is 1.28. The van der Waals surface area contributed by atoms with E-state index in [4.69, 9.17) is 9.97 Å². The molecule has 304 valence electrons. The molecule has 2 heterocycles. The van der Waals surface area contributed by atoms with Crippen molar-refractivity contribution in [1.82, 2.24) is 40.4 Å². The molecular weight excluding hydrogens is 729 g/mol. The minimum Gasteiger partial charge on any atom is -0.453 e. The van der Waals surface area contributed by atoms with Crippen LogP contribution in [0.3, 0.4) is 0 Å². The first-order chi connectivity index (χ1) is 28.3. The summed E-state index contributed by atoms with van der Waals surface area (Å²) < 4.78 is 4.61. The van der Waals surface area contributed by atoms with Crippen LogP contribution in [0.5, 0.6) is 0 Å². The van der Waals surface area contributed by atoms with Crippen LogP contribution < -0.4 is 10.6 Å². The molecule has 3 aromatic carbocycles. The van der Waals surface area contributed by atoms with Crippen molar-refractivity contribution in [1.29, 1.82) is 0 Å². The molecular formula is C46H56N8O4. The molecule has 1 saturated carbocycles. The lowest BCUT2D eigenvalue weighted by Crippen LogP contribution is -2.40. The van der Waals surface area contributed by atoms with Crippen molar-refractivity contribution in [3.05, 3.63) is 95.0 Å². The van der Waals surface area contributed by atoms with Gasteiger partial charge in [0, 0.05) is 42.0 Å². The van der Waals surface area contributed by atoms with Gasteiger partial charge in [0.2, 0.25) is 11.8 Å². The molecule has 1 fully saturated rings. The fourth-order valence-electron chi connectivity index (χ4n) is 8.03. The minimum atomic E-state index is -0.629. The third kappa shape index (κ3) is 9.27. The molecule has 7 rings (SSSR count). The number of rotatable bonds is 17. The number of benzene rings is 3. The van der Waals surface area contributed by atoms with E-state index in [-0.39, 0.29) is 18.4 Å². The van der Waals surface area contributed by atoms with E-state index >= 15 is 0 Å². The number of aryl methyl sites for hydroxylation is 2. The number of allylic oxidation sites excluding steroid dienone is 1. The molecule has 4 N–H and O–H groups in total. The van der Waals surface area contributed by atoms with Gasteiger partial charge in [0.15, 0.2) is 0 Å². The van der Waals surface area contributed by atoms with Gasteiger partial charge in [-0.2, -0.15) is 0 Å². The number of ether oxygens (including phenoxy) is 1. The van der Waals surface area contributed by atoms with Gasteiger partial charge in [-0.15, -0.1) is 0 Å². The van der Waals surface area contributed by atoms with E-state index in [9.17, 15) is 14.4 Å². The molecule has 2 aliphatic rings. The molecule has 0 bridgehead atoms. The summed E-state index contributed by atoms with van der Waals surface area (Å²) in [4.78, 5) is 57.7. The van der Waals surface area contributed by atoms with Crippen molar-refractivity contribution >= 4 is 28.7 Å². The summed E-state index contributed by atoms with van der Waals surface area (Å²) in [6.07, 6.45) is 9.66. The maximum Gasteiger partial charge on any atom is 0.407 e. The van der Waals surface area contributed by atoms with Gasteiger partial charge in [0.1, 0.15) is 18.2 Å². The number of hydrogen-bond acceptors (Lipinski definition) is 7. The third-order valence-corrected chi connectivity index (χ3v) is 11.2. The van der Waals surface area contributed by atoms with Crippen LogP contribution in [0, 0.1) is 0 Å². The van der Waals surface area contributed by atoms with Crippen molar-refractivity contribution in [2.24, 2.45) is 0 Å². The zero-order valence-electron chi connectivity index (χ0n) is 34.3. The number of methoxy groups -OCH3 is 1. The maximum absolute atomic E-state index is 12.9. The van der Waals surface area contributed by atoms with Crippen LogP contribution in [0.25, 0.3) is 44.4 Å². The Balaban J connectivity index is 1.04. The number of amides is 3. The lowest BCUT2D eigenvalue weighted by atomic mass is 9.89. The number of imidazole rings is 2. The Morgan fingerprint density at radius 1 is 0.759 bits per heavy atom. The van der Waals surface area contributed by atoms with Gasteiger partial charge < -0.3 is 35.1 Å². The quantitative estimate of drug-likeness (QED) is 0.0746. The molecule has 2 aromatic heterocycles. The van der Waals surface area contributed by atoms with Gasteiger partial charge >= 0.3 is 6.09 Å². The van der Waals surface area contributed by atoms with Gasteiger partial charge in [-0.05, 0) is 96.5 Å². The van der Waals surface area contributed by atoms with Crippen molar-refractivity contribution in [3.8, 4) is 33.6 Å². The van der Waals surface area contributed by atoms with Crippen LogP contribution in [-0.4, -0.2) is 80.9 Å². The number of nitrogens with zero attached hydrogens (tertiary/aromatic N) is 4. The first-order valence-corrected chi connectivity index (χ1v) is 20.9. The Labute approximate surface area is 340 Å². The normalized spacial score (nSPS) is 13.0. The van der Waals surface area contributed by atoms with Crippen LogP contribution in [-0.2, 0) is 40.3 Å². The summed E-state index contributed by atoms with van der Waals surface area (Å²) >= 11 is 0. The summed E-state index contributed by atoms with van der Waals surface area (Å²) in [6, 6.07) is 19.8. The molecule has 12 heteroatoms. The Hall–Kier alpha value is -5.91. The number of nitrogens with one attached hydrogen (secondary N) is 4. The van der Waals surface area contributed by atoms with E-state index in [1.807, 2.05) is 20.0 Å². The van der Waals surface area contributed by atoms with E-state index in [0.29, 0.717) is 32.6 Å². The zero-order chi connectivity index (χ0) is 40.6. The highest BCUT2D eigenvalue weighted by Crippen LogP contribution is 2.36. The number of aromatic amines is 2. The largest absolute Gasteiger partial charge is 0.453 e. The van der Waals surface area contributed by atoms with Crippen molar-refractivity contribution in [3.63, 3.8) is 0 Å². The highest BCUT2D eigenvalue weighted by molar-refractivity contribution is 5.91. The second-order valence-corrected chi connectivity index (χ2v) is 15.4. The zero-order valence-corrected chi connectivity index (χ0v) is 34.3. The topological polar surface area (TPSA) is 148 Å². The SMILES string of the molecule is CCCC(=O)NCC(=C1CCC1)N(CCC)Cc1ncc(-c2ccc3cc(-c4ccc5c(c4)CCc4[nH]c(CN(CCC)C(=O)CNC(=O)OC)nc4-5)ccc3c2)[nH]1. The Morgan fingerprint density at radius 3 is 2.19 bits per heavy atom. The standard InChI is InChI=1S/C46H56N8O4/c1-5-9-43(55)48-26-40(30-10-8-11-30)53(20-6-2)28-41-47-25-39(51-41)36-15-14-32-22-31(12-13-33(32)24-36)34-16-18-37-35(23-34)17-19-38-45(37)52-42(50-38)29-54(21-7-3)44(56)27-49-46(57)58-4/h12-16,18,22-25H,5-11,17,19-21,26-29H2,1-4H3,(H,47,51)(H,48,55)(H,49,57)(H,50,52). The number of fused-ring (bicyclic) bond motifs is 4. The lowest BCUT2D eigenvalue weighted by molar-refractivity contribution is -0.131. The number of carbonyl (C=O) groups is 3. The Morgan fingerprint density at radius 2 is 1.47 bits per heavy atom. The predicted molar refractivity (Wildman–Crippen MR) is 228 cm³/mol. The van der Waals surface area contributed by atoms with E-state index in [2.05, 4.69) is 91.8 Å². The average Bonchev–Trinajstić information content (AvgIpc) is 3.87. The smallest absolute Gasteiger partial charge is 0.407 e. The molecule has 0 saturated heterocycles. The second kappa shape index (κ2) is 18.6. The second-order valence-electron chi connectivity index (χ2n) is 15.4. The first-order valence-electron chi connectivity index (χ1n) is 20.9. The molecule has 0 unspecified atom stereocenters. The van der Waals surface area contributed by atoms with Crippen molar-refractivity contribution in [2.45, 2.75) is 91.6 Å². The van der Waals surface area contributed by atoms with Crippen molar-refractivity contribution < 1.29 is 19.1 Å². The molecule has 0 aliphatic heterocycles. The van der Waals surface area contributed by atoms with Gasteiger partial charge in [-0.25, -0.2) is 14.8 Å². The van der Waals surface area contributed by atoms with Crippen LogP contribution in [0.1, 0.15) is 88.6 Å².